The molecule has 4 rings (SSSR count). The van der Waals surface area contributed by atoms with E-state index in [-0.39, 0.29) is 23.4 Å². The number of benzene rings is 2. The Bertz CT molecular complexity index is 1010. The van der Waals surface area contributed by atoms with Crippen molar-refractivity contribution in [1.29, 1.82) is 0 Å². The number of nitrogens with one attached hydrogen (secondary N) is 2. The first-order valence-corrected chi connectivity index (χ1v) is 12.6. The van der Waals surface area contributed by atoms with Crippen LogP contribution in [0.5, 0.6) is 0 Å². The van der Waals surface area contributed by atoms with E-state index in [1.54, 1.807) is 24.3 Å². The fourth-order valence-electron chi connectivity index (χ4n) is 5.48. The molecule has 0 saturated heterocycles. The summed E-state index contributed by atoms with van der Waals surface area (Å²) >= 11 is 0. The molecule has 0 aliphatic heterocycles. The second-order valence-corrected chi connectivity index (χ2v) is 10.2. The molecule has 2 amide bonds. The number of anilines is 1. The van der Waals surface area contributed by atoms with Crippen LogP contribution < -0.4 is 16.4 Å². The summed E-state index contributed by atoms with van der Waals surface area (Å²) in [6, 6.07) is 11.4. The van der Waals surface area contributed by atoms with Crippen LogP contribution >= 0.6 is 0 Å². The van der Waals surface area contributed by atoms with Crippen LogP contribution in [-0.2, 0) is 0 Å². The number of nitrogens with two attached hydrogens (primary N) is 1. The fourth-order valence-corrected chi connectivity index (χ4v) is 5.48. The van der Waals surface area contributed by atoms with Crippen LogP contribution in [0.3, 0.4) is 0 Å². The van der Waals surface area contributed by atoms with E-state index in [9.17, 15) is 14.0 Å². The Morgan fingerprint density at radius 2 is 1.53 bits per heavy atom. The van der Waals surface area contributed by atoms with Gasteiger partial charge in [0.05, 0.1) is 0 Å². The van der Waals surface area contributed by atoms with Gasteiger partial charge in [0.25, 0.3) is 11.8 Å². The molecule has 0 atom stereocenters. The molecule has 6 heteroatoms. The van der Waals surface area contributed by atoms with Crippen molar-refractivity contribution in [3.8, 4) is 0 Å². The highest BCUT2D eigenvalue weighted by Gasteiger charge is 2.27. The van der Waals surface area contributed by atoms with Crippen molar-refractivity contribution in [3.05, 3.63) is 65.0 Å². The number of halogens is 1. The predicted octanol–water partition coefficient (Wildman–Crippen LogP) is 5.58. The summed E-state index contributed by atoms with van der Waals surface area (Å²) in [5, 5.41) is 6.00. The molecule has 5 nitrogen and oxygen atoms in total. The zero-order chi connectivity index (χ0) is 24.1. The van der Waals surface area contributed by atoms with Crippen molar-refractivity contribution in [1.82, 2.24) is 5.32 Å². The maximum Gasteiger partial charge on any atom is 0.255 e. The Morgan fingerprint density at radius 1 is 0.882 bits per heavy atom. The molecule has 0 aromatic heterocycles. The van der Waals surface area contributed by atoms with Gasteiger partial charge in [-0.05, 0) is 119 Å². The molecule has 0 spiro atoms. The van der Waals surface area contributed by atoms with Gasteiger partial charge in [-0.3, -0.25) is 9.59 Å². The quantitative estimate of drug-likeness (QED) is 0.520. The Balaban J connectivity index is 1.26. The van der Waals surface area contributed by atoms with Crippen LogP contribution in [0.2, 0.25) is 0 Å². The smallest absolute Gasteiger partial charge is 0.255 e. The highest BCUT2D eigenvalue weighted by molar-refractivity contribution is 6.05. The molecule has 2 aromatic rings. The Hall–Kier alpha value is -2.73. The second kappa shape index (κ2) is 11.1. The lowest BCUT2D eigenvalue weighted by molar-refractivity contribution is 0.0918. The standard InChI is InChI=1S/C28H36FN3O2/c1-18-15-22(9-14-26(18)32-28(34)21-3-2-4-23(29)17-21)27(33)31-25-12-7-20(8-13-25)16-19-5-10-24(30)11-6-19/h2-4,9,14-15,17,19-20,24-25H,5-8,10-13,16,30H2,1H3,(H,31,33)(H,32,34). The molecule has 0 heterocycles. The number of carbonyl (C=O) groups is 2. The van der Waals surface area contributed by atoms with Crippen molar-refractivity contribution in [2.75, 3.05) is 5.32 Å². The number of amides is 2. The molecular formula is C28H36FN3O2. The SMILES string of the molecule is Cc1cc(C(=O)NC2CCC(CC3CCC(N)CC3)CC2)ccc1NC(=O)c1cccc(F)c1. The first-order chi connectivity index (χ1) is 16.4. The van der Waals surface area contributed by atoms with E-state index in [0.717, 1.165) is 30.2 Å². The lowest BCUT2D eigenvalue weighted by Crippen LogP contribution is -2.38. The third-order valence-electron chi connectivity index (χ3n) is 7.56. The van der Waals surface area contributed by atoms with Crippen LogP contribution in [-0.4, -0.2) is 23.9 Å². The van der Waals surface area contributed by atoms with E-state index in [1.165, 1.54) is 63.1 Å². The van der Waals surface area contributed by atoms with Crippen molar-refractivity contribution >= 4 is 17.5 Å². The molecule has 0 unspecified atom stereocenters. The van der Waals surface area contributed by atoms with Gasteiger partial charge in [-0.15, -0.1) is 0 Å². The normalized spacial score (nSPS) is 24.9. The van der Waals surface area contributed by atoms with Gasteiger partial charge in [0.1, 0.15) is 5.82 Å². The van der Waals surface area contributed by atoms with Gasteiger partial charge in [-0.2, -0.15) is 0 Å². The van der Waals surface area contributed by atoms with Crippen LogP contribution in [0.1, 0.15) is 84.1 Å². The van der Waals surface area contributed by atoms with Crippen LogP contribution in [0, 0.1) is 24.6 Å². The predicted molar refractivity (Wildman–Crippen MR) is 133 cm³/mol. The van der Waals surface area contributed by atoms with Crippen LogP contribution in [0.15, 0.2) is 42.5 Å². The van der Waals surface area contributed by atoms with Gasteiger partial charge in [0.2, 0.25) is 0 Å². The lowest BCUT2D eigenvalue weighted by Gasteiger charge is -2.33. The minimum Gasteiger partial charge on any atom is -0.349 e. The number of rotatable bonds is 6. The maximum absolute atomic E-state index is 13.4. The average Bonchev–Trinajstić information content (AvgIpc) is 2.83. The molecule has 2 saturated carbocycles. The third kappa shape index (κ3) is 6.44. The van der Waals surface area contributed by atoms with Crippen LogP contribution in [0.4, 0.5) is 10.1 Å². The van der Waals surface area contributed by atoms with E-state index >= 15 is 0 Å². The first kappa shape index (κ1) is 24.4. The summed E-state index contributed by atoms with van der Waals surface area (Å²) in [6.07, 6.45) is 10.6. The summed E-state index contributed by atoms with van der Waals surface area (Å²) in [4.78, 5) is 25.2. The molecule has 4 N–H and O–H groups in total. The molecule has 2 fully saturated rings. The van der Waals surface area contributed by atoms with Gasteiger partial charge in [-0.1, -0.05) is 6.07 Å². The van der Waals surface area contributed by atoms with Crippen molar-refractivity contribution < 1.29 is 14.0 Å². The number of carbonyl (C=O) groups excluding carboxylic acids is 2. The minimum atomic E-state index is -0.454. The van der Waals surface area contributed by atoms with E-state index in [4.69, 9.17) is 5.73 Å². The van der Waals surface area contributed by atoms with E-state index in [0.29, 0.717) is 17.3 Å². The van der Waals surface area contributed by atoms with Gasteiger partial charge < -0.3 is 16.4 Å². The van der Waals surface area contributed by atoms with E-state index in [2.05, 4.69) is 10.6 Å². The van der Waals surface area contributed by atoms with E-state index < -0.39 is 5.82 Å². The number of aryl methyl sites for hydroxylation is 1. The number of hydrogen-bond donors (Lipinski definition) is 3. The second-order valence-electron chi connectivity index (χ2n) is 10.2. The summed E-state index contributed by atoms with van der Waals surface area (Å²) in [5.74, 6) is 0.696. The number of hydrogen-bond acceptors (Lipinski definition) is 3. The van der Waals surface area contributed by atoms with Crippen molar-refractivity contribution in [2.24, 2.45) is 17.6 Å². The topological polar surface area (TPSA) is 84.2 Å². The molecule has 2 aliphatic rings. The molecule has 0 bridgehead atoms. The first-order valence-electron chi connectivity index (χ1n) is 12.6. The van der Waals surface area contributed by atoms with Crippen molar-refractivity contribution in [3.63, 3.8) is 0 Å². The molecular weight excluding hydrogens is 429 g/mol. The highest BCUT2D eigenvalue weighted by atomic mass is 19.1. The Kier molecular flexibility index (Phi) is 7.99. The van der Waals surface area contributed by atoms with Gasteiger partial charge >= 0.3 is 0 Å². The van der Waals surface area contributed by atoms with E-state index in [1.807, 2.05) is 6.92 Å². The summed E-state index contributed by atoms with van der Waals surface area (Å²) < 4.78 is 13.4. The minimum absolute atomic E-state index is 0.0733. The van der Waals surface area contributed by atoms with Crippen LogP contribution in [0.25, 0.3) is 0 Å². The maximum atomic E-state index is 13.4. The zero-order valence-electron chi connectivity index (χ0n) is 20.0. The molecule has 2 aromatic carbocycles. The summed E-state index contributed by atoms with van der Waals surface area (Å²) in [7, 11) is 0. The largest absolute Gasteiger partial charge is 0.349 e. The summed E-state index contributed by atoms with van der Waals surface area (Å²) in [6.45, 7) is 1.85. The Labute approximate surface area is 201 Å². The third-order valence-corrected chi connectivity index (χ3v) is 7.56. The fraction of sp³-hybridized carbons (Fsp3) is 0.500. The average molecular weight is 466 g/mol. The Morgan fingerprint density at radius 3 is 2.18 bits per heavy atom. The molecule has 2 aliphatic carbocycles. The lowest BCUT2D eigenvalue weighted by atomic mass is 9.76. The van der Waals surface area contributed by atoms with Gasteiger partial charge in [0, 0.05) is 28.9 Å². The monoisotopic (exact) mass is 465 g/mol. The van der Waals surface area contributed by atoms with Gasteiger partial charge in [-0.25, -0.2) is 4.39 Å². The van der Waals surface area contributed by atoms with Crippen molar-refractivity contribution in [2.45, 2.75) is 76.8 Å². The molecule has 182 valence electrons. The molecule has 0 radical (unpaired) electrons. The zero-order valence-corrected chi connectivity index (χ0v) is 20.0. The summed E-state index contributed by atoms with van der Waals surface area (Å²) in [5.41, 5.74) is 8.27. The van der Waals surface area contributed by atoms with Gasteiger partial charge in [0.15, 0.2) is 0 Å². The highest BCUT2D eigenvalue weighted by Crippen LogP contribution is 2.35. The molecule has 34 heavy (non-hydrogen) atoms.